The molecule has 1 aromatic carbocycles. The zero-order chi connectivity index (χ0) is 15.6. The fourth-order valence-corrected chi connectivity index (χ4v) is 2.75. The number of rotatable bonds is 5. The van der Waals surface area contributed by atoms with Crippen LogP contribution in [-0.4, -0.2) is 22.9 Å². The molecule has 0 amide bonds. The summed E-state index contributed by atoms with van der Waals surface area (Å²) in [4.78, 5) is 4.36. The lowest BCUT2D eigenvalue weighted by atomic mass is 9.98. The second-order valence-electron chi connectivity index (χ2n) is 6.29. The number of benzene rings is 1. The summed E-state index contributed by atoms with van der Waals surface area (Å²) < 4.78 is 5.66. The summed E-state index contributed by atoms with van der Waals surface area (Å²) in [6.45, 7) is 0.775. The molecule has 1 saturated carbocycles. The third-order valence-corrected chi connectivity index (χ3v) is 4.31. The van der Waals surface area contributed by atoms with Crippen molar-refractivity contribution < 1.29 is 9.84 Å². The first kappa shape index (κ1) is 14.3. The molecule has 0 spiro atoms. The zero-order valence-electron chi connectivity index (χ0n) is 12.9. The molecule has 1 unspecified atom stereocenters. The van der Waals surface area contributed by atoms with Crippen molar-refractivity contribution >= 4 is 11.8 Å². The van der Waals surface area contributed by atoms with Crippen LogP contribution < -0.4 is 10.1 Å². The highest BCUT2D eigenvalue weighted by atomic mass is 16.5. The highest BCUT2D eigenvalue weighted by Gasteiger charge is 2.22. The molecule has 2 aromatic rings. The minimum absolute atomic E-state index is 0.657. The van der Waals surface area contributed by atoms with E-state index < -0.39 is 6.23 Å². The highest BCUT2D eigenvalue weighted by Crippen LogP contribution is 2.30. The second kappa shape index (κ2) is 6.05. The van der Waals surface area contributed by atoms with Crippen molar-refractivity contribution in [1.29, 1.82) is 0 Å². The molecule has 1 atom stereocenters. The van der Waals surface area contributed by atoms with E-state index in [9.17, 15) is 5.11 Å². The van der Waals surface area contributed by atoms with Gasteiger partial charge in [-0.05, 0) is 54.0 Å². The van der Waals surface area contributed by atoms with Crippen molar-refractivity contribution in [3.63, 3.8) is 0 Å². The van der Waals surface area contributed by atoms with Crippen molar-refractivity contribution in [3.05, 3.63) is 59.3 Å². The van der Waals surface area contributed by atoms with Crippen molar-refractivity contribution in [2.45, 2.75) is 25.5 Å². The lowest BCUT2D eigenvalue weighted by molar-refractivity contribution is 0.237. The summed E-state index contributed by atoms with van der Waals surface area (Å²) in [5, 5.41) is 13.4. The van der Waals surface area contributed by atoms with Gasteiger partial charge in [0.25, 0.3) is 0 Å². The van der Waals surface area contributed by atoms with Gasteiger partial charge in [-0.2, -0.15) is 0 Å². The van der Waals surface area contributed by atoms with E-state index in [0.29, 0.717) is 12.3 Å². The minimum Gasteiger partial charge on any atom is -0.477 e. The van der Waals surface area contributed by atoms with Crippen LogP contribution in [0.4, 0.5) is 5.69 Å². The second-order valence-corrected chi connectivity index (χ2v) is 6.29. The third kappa shape index (κ3) is 3.37. The number of nitrogens with zero attached hydrogens (tertiary/aromatic N) is 1. The van der Waals surface area contributed by atoms with Gasteiger partial charge in [0, 0.05) is 18.0 Å². The van der Waals surface area contributed by atoms with E-state index in [4.69, 9.17) is 4.74 Å². The van der Waals surface area contributed by atoms with E-state index >= 15 is 0 Å². The summed E-state index contributed by atoms with van der Waals surface area (Å²) in [6, 6.07) is 11.9. The van der Waals surface area contributed by atoms with Gasteiger partial charge in [0.2, 0.25) is 5.88 Å². The number of nitrogens with one attached hydrogen (secondary N) is 1. The molecule has 2 aliphatic rings. The number of aliphatic hydroxyl groups excluding tert-OH is 1. The molecule has 4 heteroatoms. The first-order valence-corrected chi connectivity index (χ1v) is 8.10. The fourth-order valence-electron chi connectivity index (χ4n) is 2.75. The van der Waals surface area contributed by atoms with Crippen molar-refractivity contribution in [3.8, 4) is 5.88 Å². The van der Waals surface area contributed by atoms with Crippen LogP contribution in [0.15, 0.2) is 48.2 Å². The lowest BCUT2D eigenvalue weighted by Gasteiger charge is -2.24. The Morgan fingerprint density at radius 3 is 2.83 bits per heavy atom. The molecule has 4 rings (SSSR count). The van der Waals surface area contributed by atoms with Crippen LogP contribution in [0.2, 0.25) is 0 Å². The topological polar surface area (TPSA) is 54.4 Å². The smallest absolute Gasteiger partial charge is 0.213 e. The molecule has 4 nitrogen and oxygen atoms in total. The largest absolute Gasteiger partial charge is 0.477 e. The molecule has 118 valence electrons. The number of fused-ring (bicyclic) bond motifs is 1. The Hall–Kier alpha value is -2.33. The van der Waals surface area contributed by atoms with E-state index in [-0.39, 0.29) is 0 Å². The normalized spacial score (nSPS) is 19.5. The van der Waals surface area contributed by atoms with E-state index in [2.05, 4.69) is 10.3 Å². The van der Waals surface area contributed by atoms with Gasteiger partial charge < -0.3 is 15.2 Å². The van der Waals surface area contributed by atoms with E-state index in [1.165, 1.54) is 12.8 Å². The van der Waals surface area contributed by atoms with Gasteiger partial charge in [-0.25, -0.2) is 4.98 Å². The van der Waals surface area contributed by atoms with Gasteiger partial charge >= 0.3 is 0 Å². The monoisotopic (exact) mass is 308 g/mol. The maximum absolute atomic E-state index is 10.3. The van der Waals surface area contributed by atoms with Crippen LogP contribution in [0.1, 0.15) is 24.0 Å². The number of pyridine rings is 1. The van der Waals surface area contributed by atoms with Gasteiger partial charge in [0.15, 0.2) is 0 Å². The number of hydrogen-bond donors (Lipinski definition) is 2. The summed E-state index contributed by atoms with van der Waals surface area (Å²) in [7, 11) is 0. The van der Waals surface area contributed by atoms with Crippen LogP contribution >= 0.6 is 0 Å². The van der Waals surface area contributed by atoms with Crippen LogP contribution in [0, 0.1) is 5.92 Å². The maximum atomic E-state index is 10.3. The van der Waals surface area contributed by atoms with Gasteiger partial charge in [0.05, 0.1) is 6.61 Å². The SMILES string of the molecule is OC1Nc2ccccc2C=C1Cc1ccc(OCC2CC2)nc1. The molecule has 1 aliphatic carbocycles. The van der Waals surface area contributed by atoms with Gasteiger partial charge in [-0.15, -0.1) is 0 Å². The Morgan fingerprint density at radius 2 is 2.04 bits per heavy atom. The molecule has 0 saturated heterocycles. The summed E-state index contributed by atoms with van der Waals surface area (Å²) in [5.41, 5.74) is 4.07. The molecule has 0 radical (unpaired) electrons. The number of para-hydroxylation sites is 1. The van der Waals surface area contributed by atoms with Crippen molar-refractivity contribution in [2.75, 3.05) is 11.9 Å². The number of aromatic nitrogens is 1. The Balaban J connectivity index is 1.45. The first-order chi connectivity index (χ1) is 11.3. The van der Waals surface area contributed by atoms with Crippen molar-refractivity contribution in [1.82, 2.24) is 4.98 Å². The third-order valence-electron chi connectivity index (χ3n) is 4.31. The number of ether oxygens (including phenoxy) is 1. The predicted molar refractivity (Wildman–Crippen MR) is 90.2 cm³/mol. The molecule has 23 heavy (non-hydrogen) atoms. The van der Waals surface area contributed by atoms with Crippen LogP contribution in [0.5, 0.6) is 5.88 Å². The molecular weight excluding hydrogens is 288 g/mol. The Labute approximate surface area is 135 Å². The molecule has 1 aliphatic heterocycles. The minimum atomic E-state index is -0.657. The Bertz CT molecular complexity index is 720. The zero-order valence-corrected chi connectivity index (χ0v) is 12.9. The number of hydrogen-bond acceptors (Lipinski definition) is 4. The predicted octanol–water partition coefficient (Wildman–Crippen LogP) is 3.24. The quantitative estimate of drug-likeness (QED) is 0.890. The fraction of sp³-hybridized carbons (Fsp3) is 0.316. The Kier molecular flexibility index (Phi) is 3.75. The molecule has 2 N–H and O–H groups in total. The van der Waals surface area contributed by atoms with Crippen LogP contribution in [0.3, 0.4) is 0 Å². The average molecular weight is 308 g/mol. The summed E-state index contributed by atoms with van der Waals surface area (Å²) in [5.74, 6) is 1.41. The summed E-state index contributed by atoms with van der Waals surface area (Å²) >= 11 is 0. The van der Waals surface area contributed by atoms with E-state index in [0.717, 1.165) is 34.9 Å². The molecular formula is C19H20N2O2. The first-order valence-electron chi connectivity index (χ1n) is 8.10. The number of aliphatic hydroxyl groups is 1. The lowest BCUT2D eigenvalue weighted by Crippen LogP contribution is -2.25. The molecule has 0 bridgehead atoms. The van der Waals surface area contributed by atoms with Gasteiger partial charge in [-0.3, -0.25) is 0 Å². The number of anilines is 1. The van der Waals surface area contributed by atoms with E-state index in [1.54, 1.807) is 0 Å². The van der Waals surface area contributed by atoms with E-state index in [1.807, 2.05) is 48.7 Å². The van der Waals surface area contributed by atoms with Gasteiger partial charge in [-0.1, -0.05) is 24.3 Å². The average Bonchev–Trinajstić information content (AvgIpc) is 3.39. The molecule has 2 heterocycles. The molecule has 1 aromatic heterocycles. The Morgan fingerprint density at radius 1 is 1.17 bits per heavy atom. The van der Waals surface area contributed by atoms with Crippen LogP contribution in [0.25, 0.3) is 6.08 Å². The highest BCUT2D eigenvalue weighted by molar-refractivity contribution is 5.72. The summed E-state index contributed by atoms with van der Waals surface area (Å²) in [6.07, 6.45) is 6.44. The van der Waals surface area contributed by atoms with Crippen LogP contribution in [-0.2, 0) is 6.42 Å². The molecule has 1 fully saturated rings. The van der Waals surface area contributed by atoms with Gasteiger partial charge in [0.1, 0.15) is 6.23 Å². The maximum Gasteiger partial charge on any atom is 0.213 e. The van der Waals surface area contributed by atoms with Crippen molar-refractivity contribution in [2.24, 2.45) is 5.92 Å². The standard InChI is InChI=1S/C19H20N2O2/c22-19-16(10-15-3-1-2-4-17(15)21-19)9-14-7-8-18(20-11-14)23-12-13-5-6-13/h1-4,7-8,10-11,13,19,21-22H,5-6,9,12H2.